The molecule has 0 saturated carbocycles. The van der Waals surface area contributed by atoms with Crippen LogP contribution in [-0.4, -0.2) is 67.0 Å². The highest BCUT2D eigenvalue weighted by molar-refractivity contribution is 5.96. The van der Waals surface area contributed by atoms with Gasteiger partial charge in [0.25, 0.3) is 0 Å². The highest BCUT2D eigenvalue weighted by atomic mass is 16.2. The lowest BCUT2D eigenvalue weighted by Gasteiger charge is -2.35. The first-order chi connectivity index (χ1) is 15.6. The molecule has 0 aliphatic carbocycles. The zero-order valence-corrected chi connectivity index (χ0v) is 18.0. The number of pyridine rings is 1. The molecule has 2 saturated heterocycles. The molecule has 2 aromatic rings. The van der Waals surface area contributed by atoms with Crippen LogP contribution in [0.25, 0.3) is 0 Å². The summed E-state index contributed by atoms with van der Waals surface area (Å²) in [4.78, 5) is 46.5. The number of anilines is 3. The Bertz CT molecular complexity index is 942. The Morgan fingerprint density at radius 1 is 0.969 bits per heavy atom. The highest BCUT2D eigenvalue weighted by Crippen LogP contribution is 2.23. The number of nitrogens with one attached hydrogen (secondary N) is 2. The van der Waals surface area contributed by atoms with Gasteiger partial charge in [0.15, 0.2) is 0 Å². The van der Waals surface area contributed by atoms with E-state index in [0.29, 0.717) is 25.2 Å². The van der Waals surface area contributed by atoms with Crippen LogP contribution in [0.3, 0.4) is 0 Å². The van der Waals surface area contributed by atoms with E-state index < -0.39 is 0 Å². The molecule has 3 heterocycles. The Kier molecular flexibility index (Phi) is 6.84. The molecular formula is C23H28N6O3. The van der Waals surface area contributed by atoms with Gasteiger partial charge in [-0.3, -0.25) is 9.59 Å². The molecular weight excluding hydrogens is 408 g/mol. The third-order valence-electron chi connectivity index (χ3n) is 5.74. The van der Waals surface area contributed by atoms with E-state index in [9.17, 15) is 14.4 Å². The lowest BCUT2D eigenvalue weighted by molar-refractivity contribution is -0.131. The summed E-state index contributed by atoms with van der Waals surface area (Å²) in [7, 11) is 0. The van der Waals surface area contributed by atoms with Crippen LogP contribution in [0.4, 0.5) is 22.0 Å². The zero-order valence-electron chi connectivity index (χ0n) is 18.0. The van der Waals surface area contributed by atoms with Gasteiger partial charge >= 0.3 is 6.03 Å². The Morgan fingerprint density at radius 2 is 1.75 bits per heavy atom. The van der Waals surface area contributed by atoms with Gasteiger partial charge in [-0.2, -0.15) is 0 Å². The monoisotopic (exact) mass is 436 g/mol. The molecule has 0 unspecified atom stereocenters. The SMILES string of the molecule is O=C(NCCC(=O)N1CCN(c2ccccn2)CC1)Nc1ccc(N2CCCC2=O)cc1. The molecule has 0 bridgehead atoms. The van der Waals surface area contributed by atoms with Gasteiger partial charge in [-0.25, -0.2) is 9.78 Å². The fourth-order valence-corrected chi connectivity index (χ4v) is 3.99. The first-order valence-electron chi connectivity index (χ1n) is 11.0. The van der Waals surface area contributed by atoms with Crippen LogP contribution in [0, 0.1) is 0 Å². The van der Waals surface area contributed by atoms with E-state index in [2.05, 4.69) is 20.5 Å². The van der Waals surface area contributed by atoms with Gasteiger partial charge in [0, 0.05) is 69.7 Å². The van der Waals surface area contributed by atoms with Gasteiger partial charge in [-0.1, -0.05) is 6.07 Å². The van der Waals surface area contributed by atoms with Crippen LogP contribution < -0.4 is 20.4 Å². The first-order valence-corrected chi connectivity index (χ1v) is 11.0. The van der Waals surface area contributed by atoms with Crippen molar-refractivity contribution in [1.82, 2.24) is 15.2 Å². The topological polar surface area (TPSA) is 97.9 Å². The molecule has 9 heteroatoms. The smallest absolute Gasteiger partial charge is 0.319 e. The second-order valence-corrected chi connectivity index (χ2v) is 7.88. The van der Waals surface area contributed by atoms with Gasteiger partial charge in [0.1, 0.15) is 5.82 Å². The summed E-state index contributed by atoms with van der Waals surface area (Å²) in [6.07, 6.45) is 3.49. The molecule has 0 atom stereocenters. The number of amides is 4. The number of nitrogens with zero attached hydrogens (tertiary/aromatic N) is 4. The third-order valence-corrected chi connectivity index (χ3v) is 5.74. The van der Waals surface area contributed by atoms with Crippen molar-refractivity contribution >= 4 is 35.0 Å². The predicted octanol–water partition coefficient (Wildman–Crippen LogP) is 2.07. The first kappa shape index (κ1) is 21.6. The molecule has 2 aliphatic heterocycles. The van der Waals surface area contributed by atoms with Crippen LogP contribution in [0.1, 0.15) is 19.3 Å². The average molecular weight is 437 g/mol. The fourth-order valence-electron chi connectivity index (χ4n) is 3.99. The standard InChI is InChI=1S/C23H28N6O3/c30-21(28-16-14-27(15-17-28)20-4-1-2-11-24-20)10-12-25-23(32)26-18-6-8-19(9-7-18)29-13-3-5-22(29)31/h1-2,4,6-9,11H,3,5,10,12-17H2,(H2,25,26,32). The summed E-state index contributed by atoms with van der Waals surface area (Å²) in [6.45, 7) is 3.79. The fraction of sp³-hybridized carbons (Fsp3) is 0.391. The normalized spacial score (nSPS) is 16.2. The summed E-state index contributed by atoms with van der Waals surface area (Å²) in [5.74, 6) is 1.09. The Balaban J connectivity index is 1.16. The van der Waals surface area contributed by atoms with E-state index >= 15 is 0 Å². The maximum absolute atomic E-state index is 12.5. The lowest BCUT2D eigenvalue weighted by atomic mass is 10.2. The third kappa shape index (κ3) is 5.35. The van der Waals surface area contributed by atoms with E-state index in [1.54, 1.807) is 23.2 Å². The minimum atomic E-state index is -0.359. The van der Waals surface area contributed by atoms with Crippen molar-refractivity contribution < 1.29 is 14.4 Å². The Morgan fingerprint density at radius 3 is 2.41 bits per heavy atom. The zero-order chi connectivity index (χ0) is 22.3. The maximum Gasteiger partial charge on any atom is 0.319 e. The minimum absolute atomic E-state index is 0.0330. The van der Waals surface area contributed by atoms with Gasteiger partial charge in [0.05, 0.1) is 0 Å². The van der Waals surface area contributed by atoms with E-state index in [4.69, 9.17) is 0 Å². The van der Waals surface area contributed by atoms with Crippen molar-refractivity contribution in [3.05, 3.63) is 48.7 Å². The van der Waals surface area contributed by atoms with Crippen LogP contribution in [0.2, 0.25) is 0 Å². The molecule has 0 spiro atoms. The largest absolute Gasteiger partial charge is 0.353 e. The maximum atomic E-state index is 12.5. The predicted molar refractivity (Wildman–Crippen MR) is 123 cm³/mol. The Labute approximate surface area is 187 Å². The average Bonchev–Trinajstić information content (AvgIpc) is 3.26. The number of benzene rings is 1. The number of hydrogen-bond acceptors (Lipinski definition) is 5. The molecule has 2 fully saturated rings. The molecule has 168 valence electrons. The summed E-state index contributed by atoms with van der Waals surface area (Å²) >= 11 is 0. The highest BCUT2D eigenvalue weighted by Gasteiger charge is 2.22. The number of piperazine rings is 1. The van der Waals surface area contributed by atoms with Crippen LogP contribution in [-0.2, 0) is 9.59 Å². The molecule has 9 nitrogen and oxygen atoms in total. The number of urea groups is 1. The number of carbonyl (C=O) groups excluding carboxylic acids is 3. The summed E-state index contributed by atoms with van der Waals surface area (Å²) in [6, 6.07) is 12.7. The van der Waals surface area contributed by atoms with E-state index in [0.717, 1.165) is 37.6 Å². The van der Waals surface area contributed by atoms with Crippen molar-refractivity contribution in [1.29, 1.82) is 0 Å². The van der Waals surface area contributed by atoms with E-state index in [1.165, 1.54) is 0 Å². The van der Waals surface area contributed by atoms with Crippen LogP contribution >= 0.6 is 0 Å². The van der Waals surface area contributed by atoms with Crippen molar-refractivity contribution in [2.45, 2.75) is 19.3 Å². The minimum Gasteiger partial charge on any atom is -0.353 e. The molecule has 2 aliphatic rings. The number of hydrogen-bond donors (Lipinski definition) is 2. The lowest BCUT2D eigenvalue weighted by Crippen LogP contribution is -2.49. The van der Waals surface area contributed by atoms with E-state index in [1.807, 2.05) is 35.2 Å². The van der Waals surface area contributed by atoms with Crippen molar-refractivity contribution in [2.75, 3.05) is 54.4 Å². The van der Waals surface area contributed by atoms with E-state index in [-0.39, 0.29) is 30.8 Å². The number of rotatable bonds is 6. The van der Waals surface area contributed by atoms with Crippen LogP contribution in [0.15, 0.2) is 48.7 Å². The van der Waals surface area contributed by atoms with Gasteiger partial charge in [-0.15, -0.1) is 0 Å². The molecule has 2 N–H and O–H groups in total. The second-order valence-electron chi connectivity index (χ2n) is 7.88. The van der Waals surface area contributed by atoms with Gasteiger partial charge < -0.3 is 25.3 Å². The molecule has 1 aromatic heterocycles. The van der Waals surface area contributed by atoms with Gasteiger partial charge in [0.2, 0.25) is 11.8 Å². The van der Waals surface area contributed by atoms with Gasteiger partial charge in [-0.05, 0) is 42.8 Å². The van der Waals surface area contributed by atoms with Crippen LogP contribution in [0.5, 0.6) is 0 Å². The Hall–Kier alpha value is -3.62. The summed E-state index contributed by atoms with van der Waals surface area (Å²) in [5.41, 5.74) is 1.47. The van der Waals surface area contributed by atoms with Crippen molar-refractivity contribution in [2.24, 2.45) is 0 Å². The molecule has 4 amide bonds. The summed E-state index contributed by atoms with van der Waals surface area (Å²) < 4.78 is 0. The summed E-state index contributed by atoms with van der Waals surface area (Å²) in [5, 5.41) is 5.49. The van der Waals surface area contributed by atoms with Crippen molar-refractivity contribution in [3.63, 3.8) is 0 Å². The number of aromatic nitrogens is 1. The second kappa shape index (κ2) is 10.1. The van der Waals surface area contributed by atoms with Crippen molar-refractivity contribution in [3.8, 4) is 0 Å². The molecule has 4 rings (SSSR count). The molecule has 32 heavy (non-hydrogen) atoms. The molecule has 1 aromatic carbocycles. The quantitative estimate of drug-likeness (QED) is 0.723. The molecule has 0 radical (unpaired) electrons. The number of carbonyl (C=O) groups is 3.